The van der Waals surface area contributed by atoms with Crippen LogP contribution in [0.25, 0.3) is 0 Å². The molecular formula is C22H27N3O3S. The van der Waals surface area contributed by atoms with Crippen LogP contribution in [0.3, 0.4) is 0 Å². The monoisotopic (exact) mass is 413 g/mol. The molecule has 29 heavy (non-hydrogen) atoms. The van der Waals surface area contributed by atoms with Crippen molar-refractivity contribution in [2.45, 2.75) is 39.2 Å². The van der Waals surface area contributed by atoms with Crippen molar-refractivity contribution >= 4 is 23.2 Å². The molecule has 2 bridgehead atoms. The summed E-state index contributed by atoms with van der Waals surface area (Å²) in [5, 5.41) is 0. The van der Waals surface area contributed by atoms with Crippen molar-refractivity contribution in [3.63, 3.8) is 0 Å². The maximum Gasteiger partial charge on any atom is 0.266 e. The van der Waals surface area contributed by atoms with Crippen LogP contribution in [0.1, 0.15) is 46.6 Å². The second kappa shape index (κ2) is 8.14. The highest BCUT2D eigenvalue weighted by atomic mass is 32.1. The summed E-state index contributed by atoms with van der Waals surface area (Å²) in [4.78, 5) is 34.6. The van der Waals surface area contributed by atoms with Crippen molar-refractivity contribution in [3.05, 3.63) is 45.9 Å². The number of benzene rings is 1. The number of hydrogen-bond donors (Lipinski definition) is 0. The maximum atomic E-state index is 13.1. The van der Waals surface area contributed by atoms with Crippen LogP contribution in [0.5, 0.6) is 5.75 Å². The number of rotatable bonds is 1. The van der Waals surface area contributed by atoms with Crippen LogP contribution < -0.4 is 4.74 Å². The highest BCUT2D eigenvalue weighted by Crippen LogP contribution is 2.47. The third-order valence-electron chi connectivity index (χ3n) is 5.84. The number of aromatic nitrogens is 1. The minimum atomic E-state index is -0.347. The van der Waals surface area contributed by atoms with Gasteiger partial charge in [-0.05, 0) is 50.3 Å². The molecule has 1 aliphatic carbocycles. The van der Waals surface area contributed by atoms with Gasteiger partial charge in [-0.3, -0.25) is 9.59 Å². The number of fused-ring (bicyclic) bond motifs is 2. The van der Waals surface area contributed by atoms with Crippen molar-refractivity contribution < 1.29 is 14.3 Å². The zero-order valence-corrected chi connectivity index (χ0v) is 17.8. The van der Waals surface area contributed by atoms with Crippen LogP contribution in [0.2, 0.25) is 0 Å². The van der Waals surface area contributed by atoms with Gasteiger partial charge in [-0.2, -0.15) is 0 Å². The van der Waals surface area contributed by atoms with E-state index in [1.807, 2.05) is 48.0 Å². The van der Waals surface area contributed by atoms with Gasteiger partial charge >= 0.3 is 0 Å². The van der Waals surface area contributed by atoms with Gasteiger partial charge in [-0.1, -0.05) is 12.1 Å². The third kappa shape index (κ3) is 4.29. The topological polar surface area (TPSA) is 62.7 Å². The third-order valence-corrected chi connectivity index (χ3v) is 6.76. The standard InChI is InChI=1S/C22H27N3O3S/c1-16-19(29-15-23-16)20(26)25-11-4-3-10-24(2)21(27)22(8-9-22)14-28-18-7-5-6-17(12-18)13-25/h5-7,12,15H,3-4,8-11,13-14H2,1-2H3. The van der Waals surface area contributed by atoms with Crippen LogP contribution in [0.15, 0.2) is 29.8 Å². The summed E-state index contributed by atoms with van der Waals surface area (Å²) in [6, 6.07) is 7.87. The van der Waals surface area contributed by atoms with Crippen LogP contribution >= 0.6 is 11.3 Å². The van der Waals surface area contributed by atoms with E-state index in [0.29, 0.717) is 31.1 Å². The molecule has 0 saturated heterocycles. The fraction of sp³-hybridized carbons (Fsp3) is 0.500. The second-order valence-corrected chi connectivity index (χ2v) is 9.00. The Bertz CT molecular complexity index is 906. The Morgan fingerprint density at radius 2 is 2.03 bits per heavy atom. The number of hydrogen-bond acceptors (Lipinski definition) is 5. The quantitative estimate of drug-likeness (QED) is 0.718. The summed E-state index contributed by atoms with van der Waals surface area (Å²) >= 11 is 1.39. The highest BCUT2D eigenvalue weighted by molar-refractivity contribution is 7.11. The number of thiazole rings is 1. The van der Waals surface area contributed by atoms with Gasteiger partial charge in [0, 0.05) is 26.7 Å². The fourth-order valence-electron chi connectivity index (χ4n) is 3.81. The number of aryl methyl sites for hydroxylation is 1. The summed E-state index contributed by atoms with van der Waals surface area (Å²) in [5.41, 5.74) is 3.18. The molecule has 2 amide bonds. The molecule has 0 radical (unpaired) electrons. The molecule has 1 saturated carbocycles. The van der Waals surface area contributed by atoms with Gasteiger partial charge in [-0.25, -0.2) is 4.98 Å². The summed E-state index contributed by atoms with van der Waals surface area (Å²) in [6.45, 7) is 4.17. The van der Waals surface area contributed by atoms with E-state index in [2.05, 4.69) is 4.98 Å². The average Bonchev–Trinajstić information content (AvgIpc) is 3.40. The number of carbonyl (C=O) groups is 2. The van der Waals surface area contributed by atoms with Crippen LogP contribution in [-0.2, 0) is 11.3 Å². The molecule has 2 aromatic rings. The molecule has 1 aromatic heterocycles. The fourth-order valence-corrected chi connectivity index (χ4v) is 4.58. The molecule has 2 heterocycles. The first kappa shape index (κ1) is 19.9. The zero-order chi connectivity index (χ0) is 20.4. The SMILES string of the molecule is Cc1ncsc1C(=O)N1CCCCN(C)C(=O)C2(CC2)COc2cccc(c2)C1. The van der Waals surface area contributed by atoms with Gasteiger partial charge in [0.15, 0.2) is 0 Å². The second-order valence-electron chi connectivity index (χ2n) is 8.14. The Morgan fingerprint density at radius 3 is 2.76 bits per heavy atom. The van der Waals surface area contributed by atoms with E-state index >= 15 is 0 Å². The molecule has 7 heteroatoms. The molecule has 0 unspecified atom stereocenters. The minimum absolute atomic E-state index is 0.0183. The predicted molar refractivity (Wildman–Crippen MR) is 112 cm³/mol. The lowest BCUT2D eigenvalue weighted by atomic mass is 10.1. The Balaban J connectivity index is 1.58. The zero-order valence-electron chi connectivity index (χ0n) is 17.0. The molecule has 0 atom stereocenters. The summed E-state index contributed by atoms with van der Waals surface area (Å²) in [5.74, 6) is 0.950. The van der Waals surface area contributed by atoms with Gasteiger partial charge in [0.05, 0.1) is 16.6 Å². The van der Waals surface area contributed by atoms with E-state index in [1.165, 1.54) is 11.3 Å². The first-order valence-corrected chi connectivity index (χ1v) is 11.0. The Morgan fingerprint density at radius 1 is 1.24 bits per heavy atom. The summed E-state index contributed by atoms with van der Waals surface area (Å²) in [6.07, 6.45) is 3.51. The number of amides is 2. The highest BCUT2D eigenvalue weighted by Gasteiger charge is 2.52. The van der Waals surface area contributed by atoms with Crippen molar-refractivity contribution in [2.75, 3.05) is 26.7 Å². The van der Waals surface area contributed by atoms with E-state index in [-0.39, 0.29) is 17.2 Å². The molecule has 1 aliphatic heterocycles. The Kier molecular flexibility index (Phi) is 5.58. The molecule has 1 fully saturated rings. The molecule has 1 spiro atoms. The van der Waals surface area contributed by atoms with E-state index < -0.39 is 0 Å². The molecule has 154 valence electrons. The number of carbonyl (C=O) groups excluding carboxylic acids is 2. The molecule has 6 nitrogen and oxygen atoms in total. The van der Waals surface area contributed by atoms with Gasteiger partial charge < -0.3 is 14.5 Å². The van der Waals surface area contributed by atoms with Crippen molar-refractivity contribution in [3.8, 4) is 5.75 Å². The van der Waals surface area contributed by atoms with E-state index in [1.54, 1.807) is 5.51 Å². The Hall–Kier alpha value is -2.41. The lowest BCUT2D eigenvalue weighted by Gasteiger charge is -2.26. The summed E-state index contributed by atoms with van der Waals surface area (Å²) < 4.78 is 6.02. The average molecular weight is 414 g/mol. The Labute approximate surface area is 175 Å². The van der Waals surface area contributed by atoms with Crippen LogP contribution in [0.4, 0.5) is 0 Å². The summed E-state index contributed by atoms with van der Waals surface area (Å²) in [7, 11) is 1.87. The van der Waals surface area contributed by atoms with Gasteiger partial charge in [0.1, 0.15) is 17.2 Å². The van der Waals surface area contributed by atoms with Gasteiger partial charge in [-0.15, -0.1) is 11.3 Å². The van der Waals surface area contributed by atoms with Crippen molar-refractivity contribution in [1.29, 1.82) is 0 Å². The normalized spacial score (nSPS) is 19.6. The van der Waals surface area contributed by atoms with Crippen LogP contribution in [-0.4, -0.2) is 53.3 Å². The van der Waals surface area contributed by atoms with E-state index in [9.17, 15) is 9.59 Å². The lowest BCUT2D eigenvalue weighted by Crippen LogP contribution is -2.38. The maximum absolute atomic E-state index is 13.1. The molecule has 0 N–H and O–H groups in total. The number of ether oxygens (including phenoxy) is 1. The minimum Gasteiger partial charge on any atom is -0.492 e. The van der Waals surface area contributed by atoms with Gasteiger partial charge in [0.2, 0.25) is 5.91 Å². The number of nitrogens with zero attached hydrogens (tertiary/aromatic N) is 3. The van der Waals surface area contributed by atoms with E-state index in [4.69, 9.17) is 4.74 Å². The first-order valence-electron chi connectivity index (χ1n) is 10.2. The van der Waals surface area contributed by atoms with Crippen molar-refractivity contribution in [2.24, 2.45) is 5.41 Å². The molecular weight excluding hydrogens is 386 g/mol. The molecule has 4 rings (SSSR count). The predicted octanol–water partition coefficient (Wildman–Crippen LogP) is 3.51. The largest absolute Gasteiger partial charge is 0.492 e. The van der Waals surface area contributed by atoms with Crippen LogP contribution in [0, 0.1) is 12.3 Å². The smallest absolute Gasteiger partial charge is 0.266 e. The molecule has 2 aliphatic rings. The first-order chi connectivity index (χ1) is 14.0. The van der Waals surface area contributed by atoms with Gasteiger partial charge in [0.25, 0.3) is 5.91 Å². The van der Waals surface area contributed by atoms with E-state index in [0.717, 1.165) is 42.7 Å². The van der Waals surface area contributed by atoms with Crippen molar-refractivity contribution in [1.82, 2.24) is 14.8 Å². The molecule has 1 aromatic carbocycles. The lowest BCUT2D eigenvalue weighted by molar-refractivity contribution is -0.136.